The summed E-state index contributed by atoms with van der Waals surface area (Å²) in [5.41, 5.74) is 2.36. The fourth-order valence-corrected chi connectivity index (χ4v) is 2.21. The fraction of sp³-hybridized carbons (Fsp3) is 0.357. The van der Waals surface area contributed by atoms with Gasteiger partial charge in [-0.2, -0.15) is 4.68 Å². The molecule has 104 valence electrons. The molecule has 1 N–H and O–H groups in total. The Balaban J connectivity index is 2.19. The predicted molar refractivity (Wildman–Crippen MR) is 72.5 cm³/mol. The molecule has 0 unspecified atom stereocenters. The molecule has 1 fully saturated rings. The van der Waals surface area contributed by atoms with Crippen LogP contribution in [0.4, 0.5) is 0 Å². The van der Waals surface area contributed by atoms with E-state index in [0.29, 0.717) is 5.69 Å². The van der Waals surface area contributed by atoms with Gasteiger partial charge in [-0.15, -0.1) is 5.10 Å². The minimum atomic E-state index is -1.17. The van der Waals surface area contributed by atoms with Crippen molar-refractivity contribution in [2.75, 3.05) is 0 Å². The molecule has 1 heterocycles. The van der Waals surface area contributed by atoms with Gasteiger partial charge in [0.05, 0.1) is 5.69 Å². The van der Waals surface area contributed by atoms with Crippen molar-refractivity contribution >= 4 is 5.97 Å². The Morgan fingerprint density at radius 3 is 2.55 bits per heavy atom. The first-order valence-corrected chi connectivity index (χ1v) is 6.51. The second-order valence-corrected chi connectivity index (χ2v) is 5.19. The molecule has 0 atom stereocenters. The van der Waals surface area contributed by atoms with Crippen molar-refractivity contribution in [1.29, 1.82) is 0 Å². The molecule has 20 heavy (non-hydrogen) atoms. The van der Waals surface area contributed by atoms with Crippen LogP contribution in [0.5, 0.6) is 0 Å². The molecular formula is C14H15N3O3. The van der Waals surface area contributed by atoms with Gasteiger partial charge in [0.25, 0.3) is 0 Å². The van der Waals surface area contributed by atoms with Crippen molar-refractivity contribution < 1.29 is 9.90 Å². The first-order chi connectivity index (χ1) is 9.49. The second kappa shape index (κ2) is 4.33. The van der Waals surface area contributed by atoms with E-state index in [1.54, 1.807) is 6.07 Å². The summed E-state index contributed by atoms with van der Waals surface area (Å²) in [6, 6.07) is 5.49. The van der Waals surface area contributed by atoms with E-state index in [4.69, 9.17) is 0 Å². The summed E-state index contributed by atoms with van der Waals surface area (Å²) < 4.78 is 2.46. The van der Waals surface area contributed by atoms with Gasteiger partial charge in [-0.25, -0.2) is 9.59 Å². The molecular weight excluding hydrogens is 258 g/mol. The zero-order chi connectivity index (χ0) is 14.4. The highest BCUT2D eigenvalue weighted by Crippen LogP contribution is 2.34. The van der Waals surface area contributed by atoms with Crippen LogP contribution in [0.15, 0.2) is 23.0 Å². The number of aromatic carboxylic acids is 1. The number of aryl methyl sites for hydroxylation is 2. The summed E-state index contributed by atoms with van der Waals surface area (Å²) in [6.45, 7) is 3.92. The van der Waals surface area contributed by atoms with Crippen molar-refractivity contribution in [2.45, 2.75) is 32.7 Å². The van der Waals surface area contributed by atoms with Gasteiger partial charge in [0.15, 0.2) is 0 Å². The van der Waals surface area contributed by atoms with E-state index >= 15 is 0 Å². The number of rotatable bonds is 3. The van der Waals surface area contributed by atoms with Crippen LogP contribution in [0.1, 0.15) is 40.6 Å². The molecule has 6 heteroatoms. The molecule has 0 bridgehead atoms. The van der Waals surface area contributed by atoms with Gasteiger partial charge in [0.2, 0.25) is 5.82 Å². The number of hydrogen-bond donors (Lipinski definition) is 1. The normalized spacial score (nSPS) is 14.5. The van der Waals surface area contributed by atoms with E-state index in [2.05, 4.69) is 5.10 Å². The number of aromatic nitrogens is 3. The van der Waals surface area contributed by atoms with Gasteiger partial charge in [-0.1, -0.05) is 6.07 Å². The van der Waals surface area contributed by atoms with E-state index in [1.165, 1.54) is 9.25 Å². The van der Waals surface area contributed by atoms with E-state index in [1.807, 2.05) is 26.0 Å². The van der Waals surface area contributed by atoms with Gasteiger partial charge in [0.1, 0.15) is 0 Å². The first kappa shape index (κ1) is 12.7. The van der Waals surface area contributed by atoms with Crippen LogP contribution in [0.25, 0.3) is 5.69 Å². The van der Waals surface area contributed by atoms with E-state index < -0.39 is 5.97 Å². The molecule has 1 aromatic carbocycles. The monoisotopic (exact) mass is 273 g/mol. The van der Waals surface area contributed by atoms with E-state index in [9.17, 15) is 14.7 Å². The lowest BCUT2D eigenvalue weighted by molar-refractivity contribution is 0.0676. The molecule has 6 nitrogen and oxygen atoms in total. The summed E-state index contributed by atoms with van der Waals surface area (Å²) in [5, 5.41) is 13.2. The number of nitrogens with zero attached hydrogens (tertiary/aromatic N) is 3. The van der Waals surface area contributed by atoms with Crippen molar-refractivity contribution in [3.8, 4) is 5.69 Å². The lowest BCUT2D eigenvalue weighted by Crippen LogP contribution is -2.24. The van der Waals surface area contributed by atoms with Crippen molar-refractivity contribution in [1.82, 2.24) is 14.3 Å². The summed E-state index contributed by atoms with van der Waals surface area (Å²) in [4.78, 5) is 23.6. The average molecular weight is 273 g/mol. The molecule has 0 aliphatic heterocycles. The number of carboxylic acids is 1. The van der Waals surface area contributed by atoms with Crippen LogP contribution in [-0.4, -0.2) is 25.4 Å². The molecule has 1 aliphatic carbocycles. The molecule has 0 amide bonds. The van der Waals surface area contributed by atoms with Crippen LogP contribution in [0.3, 0.4) is 0 Å². The summed E-state index contributed by atoms with van der Waals surface area (Å²) in [5.74, 6) is -1.35. The Labute approximate surface area is 115 Å². The SMILES string of the molecule is Cc1ccc(-n2nc(C(=O)O)n(C3CC3)c2=O)cc1C. The van der Waals surface area contributed by atoms with Gasteiger partial charge < -0.3 is 5.11 Å². The molecule has 0 radical (unpaired) electrons. The van der Waals surface area contributed by atoms with Gasteiger partial charge in [0, 0.05) is 6.04 Å². The molecule has 1 aliphatic rings. The lowest BCUT2D eigenvalue weighted by atomic mass is 10.1. The standard InChI is InChI=1S/C14H15N3O3/c1-8-3-4-11(7-9(8)2)17-14(20)16(10-5-6-10)12(15-17)13(18)19/h3-4,7,10H,5-6H2,1-2H3,(H,18,19). The molecule has 1 saturated carbocycles. The summed E-state index contributed by atoms with van der Waals surface area (Å²) in [6.07, 6.45) is 1.66. The van der Waals surface area contributed by atoms with Crippen molar-refractivity contribution in [3.63, 3.8) is 0 Å². The van der Waals surface area contributed by atoms with Gasteiger partial charge in [-0.05, 0) is 49.9 Å². The first-order valence-electron chi connectivity index (χ1n) is 6.51. The second-order valence-electron chi connectivity index (χ2n) is 5.19. The van der Waals surface area contributed by atoms with Crippen LogP contribution in [0.2, 0.25) is 0 Å². The highest BCUT2D eigenvalue weighted by atomic mass is 16.4. The van der Waals surface area contributed by atoms with Crippen LogP contribution < -0.4 is 5.69 Å². The lowest BCUT2D eigenvalue weighted by Gasteiger charge is -2.03. The quantitative estimate of drug-likeness (QED) is 0.923. The van der Waals surface area contributed by atoms with Crippen molar-refractivity contribution in [2.24, 2.45) is 0 Å². The predicted octanol–water partition coefficient (Wildman–Crippen LogP) is 1.68. The number of carboxylic acid groups (broad SMARTS) is 1. The van der Waals surface area contributed by atoms with Gasteiger partial charge >= 0.3 is 11.7 Å². The highest BCUT2D eigenvalue weighted by molar-refractivity contribution is 5.83. The summed E-state index contributed by atoms with van der Waals surface area (Å²) >= 11 is 0. The topological polar surface area (TPSA) is 77.1 Å². The molecule has 0 saturated heterocycles. The number of hydrogen-bond acceptors (Lipinski definition) is 3. The Bertz CT molecular complexity index is 754. The fourth-order valence-electron chi connectivity index (χ4n) is 2.21. The maximum atomic E-state index is 12.4. The maximum Gasteiger partial charge on any atom is 0.374 e. The van der Waals surface area contributed by atoms with Crippen LogP contribution in [-0.2, 0) is 0 Å². The zero-order valence-electron chi connectivity index (χ0n) is 11.3. The third-order valence-corrected chi connectivity index (χ3v) is 3.65. The van der Waals surface area contributed by atoms with E-state index in [0.717, 1.165) is 24.0 Å². The largest absolute Gasteiger partial charge is 0.475 e. The zero-order valence-corrected chi connectivity index (χ0v) is 11.3. The highest BCUT2D eigenvalue weighted by Gasteiger charge is 2.32. The minimum absolute atomic E-state index is 0.0195. The van der Waals surface area contributed by atoms with Crippen molar-refractivity contribution in [3.05, 3.63) is 45.6 Å². The van der Waals surface area contributed by atoms with Gasteiger partial charge in [-0.3, -0.25) is 4.57 Å². The molecule has 0 spiro atoms. The Morgan fingerprint density at radius 2 is 2.00 bits per heavy atom. The van der Waals surface area contributed by atoms with Crippen LogP contribution in [0, 0.1) is 13.8 Å². The average Bonchev–Trinajstić information content (AvgIpc) is 3.16. The molecule has 1 aromatic heterocycles. The Kier molecular flexibility index (Phi) is 2.74. The Morgan fingerprint density at radius 1 is 1.30 bits per heavy atom. The molecule has 2 aromatic rings. The molecule has 3 rings (SSSR count). The third-order valence-electron chi connectivity index (χ3n) is 3.65. The van der Waals surface area contributed by atoms with Crippen LogP contribution >= 0.6 is 0 Å². The summed E-state index contributed by atoms with van der Waals surface area (Å²) in [7, 11) is 0. The third kappa shape index (κ3) is 1.93. The van der Waals surface area contributed by atoms with E-state index in [-0.39, 0.29) is 17.6 Å². The maximum absolute atomic E-state index is 12.4. The minimum Gasteiger partial charge on any atom is -0.475 e. The number of benzene rings is 1. The number of carbonyl (C=O) groups is 1. The smallest absolute Gasteiger partial charge is 0.374 e. The Hall–Kier alpha value is -2.37.